The van der Waals surface area contributed by atoms with Gasteiger partial charge in [0.25, 0.3) is 5.91 Å². The fourth-order valence-electron chi connectivity index (χ4n) is 4.32. The molecule has 1 atom stereocenters. The second-order valence-corrected chi connectivity index (χ2v) is 9.55. The molecular weight excluding hydrogens is 366 g/mol. The summed E-state index contributed by atoms with van der Waals surface area (Å²) in [7, 11) is 0. The van der Waals surface area contributed by atoms with E-state index in [1.54, 1.807) is 9.80 Å². The fourth-order valence-corrected chi connectivity index (χ4v) is 4.32. The summed E-state index contributed by atoms with van der Waals surface area (Å²) < 4.78 is 0. The summed E-state index contributed by atoms with van der Waals surface area (Å²) >= 11 is 0. The minimum atomic E-state index is -0.555. The van der Waals surface area contributed by atoms with Crippen LogP contribution in [0, 0.1) is 11.3 Å². The molecule has 1 unspecified atom stereocenters. The number of urea groups is 1. The predicted molar refractivity (Wildman–Crippen MR) is 112 cm³/mol. The van der Waals surface area contributed by atoms with Crippen molar-refractivity contribution in [3.05, 3.63) is 35.9 Å². The van der Waals surface area contributed by atoms with Crippen molar-refractivity contribution in [2.75, 3.05) is 26.2 Å². The van der Waals surface area contributed by atoms with E-state index in [0.29, 0.717) is 32.6 Å². The summed E-state index contributed by atoms with van der Waals surface area (Å²) in [6, 6.07) is 9.39. The Morgan fingerprint density at radius 3 is 2.48 bits per heavy atom. The number of rotatable bonds is 6. The van der Waals surface area contributed by atoms with E-state index < -0.39 is 6.04 Å². The second kappa shape index (κ2) is 8.56. The van der Waals surface area contributed by atoms with Crippen molar-refractivity contribution in [1.82, 2.24) is 14.7 Å². The molecule has 158 valence electrons. The Morgan fingerprint density at radius 1 is 1.14 bits per heavy atom. The Bertz CT molecular complexity index is 760. The first kappa shape index (κ1) is 21.3. The van der Waals surface area contributed by atoms with E-state index >= 15 is 0 Å². The zero-order valence-electron chi connectivity index (χ0n) is 18.1. The van der Waals surface area contributed by atoms with Crippen molar-refractivity contribution in [2.45, 2.75) is 53.0 Å². The van der Waals surface area contributed by atoms with Gasteiger partial charge in [0.2, 0.25) is 5.91 Å². The smallest absolute Gasteiger partial charge is 0.327 e. The van der Waals surface area contributed by atoms with Gasteiger partial charge in [-0.25, -0.2) is 4.79 Å². The van der Waals surface area contributed by atoms with E-state index in [0.717, 1.165) is 12.8 Å². The predicted octanol–water partition coefficient (Wildman–Crippen LogP) is 3.17. The van der Waals surface area contributed by atoms with E-state index in [9.17, 15) is 14.4 Å². The van der Waals surface area contributed by atoms with Crippen LogP contribution in [0.15, 0.2) is 30.3 Å². The van der Waals surface area contributed by atoms with Crippen molar-refractivity contribution in [1.29, 1.82) is 0 Å². The highest BCUT2D eigenvalue weighted by Crippen LogP contribution is 2.30. The topological polar surface area (TPSA) is 60.9 Å². The molecule has 2 heterocycles. The van der Waals surface area contributed by atoms with Crippen molar-refractivity contribution < 1.29 is 14.4 Å². The number of benzene rings is 1. The van der Waals surface area contributed by atoms with Gasteiger partial charge in [0, 0.05) is 31.5 Å². The monoisotopic (exact) mass is 399 g/mol. The van der Waals surface area contributed by atoms with E-state index in [-0.39, 0.29) is 29.2 Å². The number of carbonyl (C=O) groups excluding carboxylic acids is 3. The Hall–Kier alpha value is -2.37. The molecule has 29 heavy (non-hydrogen) atoms. The highest BCUT2D eigenvalue weighted by atomic mass is 16.2. The van der Waals surface area contributed by atoms with Crippen LogP contribution in [0.1, 0.15) is 46.1 Å². The van der Waals surface area contributed by atoms with Gasteiger partial charge in [-0.2, -0.15) is 0 Å². The summed E-state index contributed by atoms with van der Waals surface area (Å²) in [6.07, 6.45) is 2.09. The quantitative estimate of drug-likeness (QED) is 0.691. The van der Waals surface area contributed by atoms with Gasteiger partial charge in [0.05, 0.1) is 6.54 Å². The normalized spacial score (nSPS) is 21.6. The number of amides is 4. The van der Waals surface area contributed by atoms with Crippen LogP contribution in [0.5, 0.6) is 0 Å². The van der Waals surface area contributed by atoms with Crippen LogP contribution in [0.25, 0.3) is 0 Å². The average molecular weight is 400 g/mol. The van der Waals surface area contributed by atoms with Gasteiger partial charge in [-0.05, 0) is 24.3 Å². The minimum absolute atomic E-state index is 0.0680. The summed E-state index contributed by atoms with van der Waals surface area (Å²) in [5.41, 5.74) is 0.969. The van der Waals surface area contributed by atoms with Gasteiger partial charge in [0.15, 0.2) is 0 Å². The molecule has 0 aliphatic carbocycles. The molecule has 6 heteroatoms. The fraction of sp³-hybridized carbons (Fsp3) is 0.609. The third kappa shape index (κ3) is 4.98. The van der Waals surface area contributed by atoms with Crippen LogP contribution in [-0.2, 0) is 16.0 Å². The largest absolute Gasteiger partial charge is 0.339 e. The third-order valence-electron chi connectivity index (χ3n) is 5.61. The molecule has 2 saturated heterocycles. The minimum Gasteiger partial charge on any atom is -0.339 e. The lowest BCUT2D eigenvalue weighted by molar-refractivity contribution is -0.134. The van der Waals surface area contributed by atoms with Crippen molar-refractivity contribution in [3.63, 3.8) is 0 Å². The molecule has 3 rings (SSSR count). The highest BCUT2D eigenvalue weighted by molar-refractivity contribution is 6.04. The maximum absolute atomic E-state index is 13.0. The molecule has 0 aromatic heterocycles. The summed E-state index contributed by atoms with van der Waals surface area (Å²) in [6.45, 7) is 9.89. The van der Waals surface area contributed by atoms with Gasteiger partial charge in [-0.15, -0.1) is 0 Å². The molecule has 4 amide bonds. The first-order chi connectivity index (χ1) is 13.7. The number of hydrogen-bond acceptors (Lipinski definition) is 3. The van der Waals surface area contributed by atoms with E-state index in [2.05, 4.69) is 26.0 Å². The summed E-state index contributed by atoms with van der Waals surface area (Å²) in [5, 5.41) is 0. The maximum Gasteiger partial charge on any atom is 0.327 e. The number of carbonyl (C=O) groups is 3. The molecule has 0 bridgehead atoms. The van der Waals surface area contributed by atoms with Crippen LogP contribution in [0.4, 0.5) is 4.79 Å². The second-order valence-electron chi connectivity index (χ2n) is 9.55. The van der Waals surface area contributed by atoms with Crippen LogP contribution in [-0.4, -0.2) is 64.8 Å². The maximum atomic E-state index is 13.0. The lowest BCUT2D eigenvalue weighted by atomic mass is 9.92. The molecular formula is C23H33N3O3. The molecule has 0 spiro atoms. The van der Waals surface area contributed by atoms with Gasteiger partial charge >= 0.3 is 6.03 Å². The van der Waals surface area contributed by atoms with Gasteiger partial charge < -0.3 is 9.80 Å². The number of aryl methyl sites for hydroxylation is 1. The van der Waals surface area contributed by atoms with Gasteiger partial charge in [-0.3, -0.25) is 14.5 Å². The Balaban J connectivity index is 1.68. The Kier molecular flexibility index (Phi) is 6.30. The molecule has 2 aliphatic heterocycles. The third-order valence-corrected chi connectivity index (χ3v) is 5.61. The van der Waals surface area contributed by atoms with Crippen LogP contribution >= 0.6 is 0 Å². The zero-order chi connectivity index (χ0) is 21.2. The van der Waals surface area contributed by atoms with Crippen LogP contribution < -0.4 is 0 Å². The molecule has 1 aromatic rings. The van der Waals surface area contributed by atoms with E-state index in [4.69, 9.17) is 0 Å². The lowest BCUT2D eigenvalue weighted by Gasteiger charge is -2.31. The molecule has 2 fully saturated rings. The van der Waals surface area contributed by atoms with Gasteiger partial charge in [0.1, 0.15) is 6.04 Å². The Morgan fingerprint density at radius 2 is 1.83 bits per heavy atom. The highest BCUT2D eigenvalue weighted by Gasteiger charge is 2.50. The standard InChI is InChI=1S/C23H33N3O3/c1-17(2)13-25-21(28)19-14-24(15-23(3,4)16-26(19)22(25)29)20(27)12-8-11-18-9-6-5-7-10-18/h5-7,9-10,17,19H,8,11-16H2,1-4H3. The Labute approximate surface area is 173 Å². The molecule has 0 saturated carbocycles. The molecule has 0 radical (unpaired) electrons. The SMILES string of the molecule is CC(C)CN1C(=O)C2CN(C(=O)CCCc3ccccc3)CC(C)(C)CN2C1=O. The molecule has 1 aromatic carbocycles. The molecule has 0 N–H and O–H groups in total. The zero-order valence-corrected chi connectivity index (χ0v) is 18.1. The van der Waals surface area contributed by atoms with Crippen molar-refractivity contribution >= 4 is 17.8 Å². The average Bonchev–Trinajstić information content (AvgIpc) is 2.80. The molecule has 2 aliphatic rings. The van der Waals surface area contributed by atoms with Gasteiger partial charge in [-0.1, -0.05) is 58.0 Å². The first-order valence-electron chi connectivity index (χ1n) is 10.6. The summed E-state index contributed by atoms with van der Waals surface area (Å²) in [4.78, 5) is 43.6. The van der Waals surface area contributed by atoms with Crippen LogP contribution in [0.2, 0.25) is 0 Å². The van der Waals surface area contributed by atoms with E-state index in [1.807, 2.05) is 32.0 Å². The van der Waals surface area contributed by atoms with E-state index in [1.165, 1.54) is 10.5 Å². The lowest BCUT2D eigenvalue weighted by Crippen LogP contribution is -2.44. The number of imide groups is 1. The van der Waals surface area contributed by atoms with Crippen molar-refractivity contribution in [2.24, 2.45) is 11.3 Å². The number of nitrogens with zero attached hydrogens (tertiary/aromatic N) is 3. The number of hydrogen-bond donors (Lipinski definition) is 0. The number of fused-ring (bicyclic) bond motifs is 1. The molecule has 6 nitrogen and oxygen atoms in total. The summed E-state index contributed by atoms with van der Waals surface area (Å²) in [5.74, 6) is 0.122. The first-order valence-corrected chi connectivity index (χ1v) is 10.6. The van der Waals surface area contributed by atoms with Crippen molar-refractivity contribution in [3.8, 4) is 0 Å². The van der Waals surface area contributed by atoms with Crippen LogP contribution in [0.3, 0.4) is 0 Å².